The van der Waals surface area contributed by atoms with E-state index in [9.17, 15) is 62.3 Å². The highest BCUT2D eigenvalue weighted by atomic mass is 19.4. The van der Waals surface area contributed by atoms with Gasteiger partial charge in [0.2, 0.25) is 0 Å². The Labute approximate surface area is 192 Å². The Morgan fingerprint density at radius 3 is 1.43 bits per heavy atom. The number of Topliss-reactive ketones (excluding diaryl/α,β-unsaturated/α-hetero) is 1. The lowest BCUT2D eigenvalue weighted by Crippen LogP contribution is -2.70. The van der Waals surface area contributed by atoms with Crippen molar-refractivity contribution in [2.45, 2.75) is 93.8 Å². The normalized spacial score (nSPS) is 14.2. The molecular weight excluding hydrogens is 520 g/mol. The Balaban J connectivity index is 5.61. The highest BCUT2D eigenvalue weighted by Crippen LogP contribution is 2.61. The summed E-state index contributed by atoms with van der Waals surface area (Å²) in [6.45, 7) is -1.01. The fourth-order valence-electron chi connectivity index (χ4n) is 2.72. The van der Waals surface area contributed by atoms with E-state index in [1.54, 1.807) is 6.92 Å². The second kappa shape index (κ2) is 12.0. The minimum Gasteiger partial charge on any atom is -0.460 e. The number of hydrogen-bond donors (Lipinski definition) is 1. The SMILES string of the molecule is CCCCCCCC(F)(F)C(F)(F)C(F)(F)C(F)(F)C(F)(F)C(F)(F)CCCOC(=O)C(=O)CO. The van der Waals surface area contributed by atoms with Gasteiger partial charge in [0.25, 0.3) is 5.78 Å². The molecule has 0 saturated carbocycles. The van der Waals surface area contributed by atoms with E-state index in [2.05, 4.69) is 4.74 Å². The molecule has 0 aromatic rings. The third-order valence-corrected chi connectivity index (χ3v) is 4.94. The molecule has 0 aliphatic rings. The number of aliphatic hydroxyl groups excluding tert-OH is 1. The van der Waals surface area contributed by atoms with Crippen molar-refractivity contribution in [3.63, 3.8) is 0 Å². The number of ether oxygens (including phenoxy) is 1. The van der Waals surface area contributed by atoms with Crippen LogP contribution in [-0.4, -0.2) is 65.6 Å². The van der Waals surface area contributed by atoms with Crippen molar-refractivity contribution >= 4 is 11.8 Å². The van der Waals surface area contributed by atoms with Crippen LogP contribution in [-0.2, 0) is 14.3 Å². The van der Waals surface area contributed by atoms with Crippen molar-refractivity contribution in [3.05, 3.63) is 0 Å². The Morgan fingerprint density at radius 2 is 1.03 bits per heavy atom. The average Bonchev–Trinajstić information content (AvgIpc) is 2.74. The molecular formula is C19H24F12O4. The summed E-state index contributed by atoms with van der Waals surface area (Å²) >= 11 is 0. The van der Waals surface area contributed by atoms with Gasteiger partial charge in [0.1, 0.15) is 6.61 Å². The lowest BCUT2D eigenvalue weighted by molar-refractivity contribution is -0.425. The lowest BCUT2D eigenvalue weighted by Gasteiger charge is -2.41. The molecule has 0 atom stereocenters. The molecule has 0 heterocycles. The summed E-state index contributed by atoms with van der Waals surface area (Å²) in [4.78, 5) is 21.6. The van der Waals surface area contributed by atoms with Crippen LogP contribution in [0.25, 0.3) is 0 Å². The molecule has 0 aliphatic carbocycles. The molecule has 0 aliphatic heterocycles. The Morgan fingerprint density at radius 1 is 0.629 bits per heavy atom. The lowest BCUT2D eigenvalue weighted by atomic mass is 9.88. The molecule has 35 heavy (non-hydrogen) atoms. The van der Waals surface area contributed by atoms with Gasteiger partial charge in [-0.15, -0.1) is 0 Å². The van der Waals surface area contributed by atoms with Gasteiger partial charge in [-0.3, -0.25) is 4.79 Å². The van der Waals surface area contributed by atoms with Gasteiger partial charge in [-0.05, 0) is 12.8 Å². The van der Waals surface area contributed by atoms with Crippen LogP contribution in [0, 0.1) is 0 Å². The molecule has 0 rings (SSSR count). The van der Waals surface area contributed by atoms with Gasteiger partial charge in [0.15, 0.2) is 0 Å². The maximum absolute atomic E-state index is 13.8. The number of carbonyl (C=O) groups is 2. The number of ketones is 1. The fraction of sp³-hybridized carbons (Fsp3) is 0.895. The van der Waals surface area contributed by atoms with Crippen LogP contribution in [0.3, 0.4) is 0 Å². The third-order valence-electron chi connectivity index (χ3n) is 4.94. The number of halogens is 12. The van der Waals surface area contributed by atoms with Crippen molar-refractivity contribution in [1.29, 1.82) is 0 Å². The maximum atomic E-state index is 13.8. The summed E-state index contributed by atoms with van der Waals surface area (Å²) in [6.07, 6.45) is -5.81. The molecule has 0 spiro atoms. The molecule has 0 fully saturated rings. The van der Waals surface area contributed by atoms with Gasteiger partial charge in [-0.2, -0.15) is 52.7 Å². The predicted octanol–water partition coefficient (Wildman–Crippen LogP) is 6.04. The molecule has 0 amide bonds. The number of hydrogen-bond acceptors (Lipinski definition) is 4. The van der Waals surface area contributed by atoms with E-state index < -0.39 is 86.2 Å². The Hall–Kier alpha value is -1.74. The summed E-state index contributed by atoms with van der Waals surface area (Å²) in [5.41, 5.74) is 0. The van der Waals surface area contributed by atoms with E-state index in [1.165, 1.54) is 0 Å². The topological polar surface area (TPSA) is 63.6 Å². The summed E-state index contributed by atoms with van der Waals surface area (Å²) < 4.78 is 169. The first-order valence-electron chi connectivity index (χ1n) is 10.3. The zero-order valence-corrected chi connectivity index (χ0v) is 18.3. The van der Waals surface area contributed by atoms with Crippen molar-refractivity contribution < 1.29 is 72.1 Å². The minimum atomic E-state index is -7.65. The quantitative estimate of drug-likeness (QED) is 0.105. The van der Waals surface area contributed by atoms with Crippen molar-refractivity contribution in [1.82, 2.24) is 0 Å². The standard InChI is InChI=1S/C19H24F12O4/c1-2-3-4-5-6-8-14(20,21)16(24,25)18(28,29)19(30,31)17(26,27)15(22,23)9-7-10-35-13(34)12(33)11-32/h32H,2-11H2,1H3. The molecule has 0 bridgehead atoms. The van der Waals surface area contributed by atoms with Crippen LogP contribution in [0.1, 0.15) is 58.3 Å². The summed E-state index contributed by atoms with van der Waals surface area (Å²) in [5, 5.41) is 8.33. The molecule has 1 N–H and O–H groups in total. The second-order valence-corrected chi connectivity index (χ2v) is 7.69. The Bertz CT molecular complexity index is 710. The van der Waals surface area contributed by atoms with Gasteiger partial charge in [-0.25, -0.2) is 4.79 Å². The maximum Gasteiger partial charge on any atom is 0.384 e. The van der Waals surface area contributed by atoms with Gasteiger partial charge >= 0.3 is 41.5 Å². The molecule has 0 unspecified atom stereocenters. The summed E-state index contributed by atoms with van der Waals surface area (Å²) in [7, 11) is 0. The van der Waals surface area contributed by atoms with Crippen LogP contribution in [0.5, 0.6) is 0 Å². The summed E-state index contributed by atoms with van der Waals surface area (Å²) in [5.74, 6) is -45.2. The van der Waals surface area contributed by atoms with E-state index in [0.717, 1.165) is 0 Å². The van der Waals surface area contributed by atoms with Crippen molar-refractivity contribution in [3.8, 4) is 0 Å². The molecule has 0 radical (unpaired) electrons. The first kappa shape index (κ1) is 33.3. The number of esters is 1. The van der Waals surface area contributed by atoms with Gasteiger partial charge < -0.3 is 9.84 Å². The number of unbranched alkanes of at least 4 members (excludes halogenated alkanes) is 4. The van der Waals surface area contributed by atoms with E-state index >= 15 is 0 Å². The van der Waals surface area contributed by atoms with E-state index in [4.69, 9.17) is 5.11 Å². The molecule has 16 heteroatoms. The molecule has 0 aromatic heterocycles. The van der Waals surface area contributed by atoms with Crippen LogP contribution in [0.4, 0.5) is 52.7 Å². The van der Waals surface area contributed by atoms with E-state index in [-0.39, 0.29) is 12.8 Å². The van der Waals surface area contributed by atoms with Gasteiger partial charge in [-0.1, -0.05) is 32.6 Å². The van der Waals surface area contributed by atoms with E-state index in [0.29, 0.717) is 12.8 Å². The molecule has 0 saturated heterocycles. The van der Waals surface area contributed by atoms with Gasteiger partial charge in [0, 0.05) is 12.8 Å². The number of aliphatic hydroxyl groups is 1. The molecule has 208 valence electrons. The largest absolute Gasteiger partial charge is 0.460 e. The Kier molecular flexibility index (Phi) is 11.4. The monoisotopic (exact) mass is 544 g/mol. The van der Waals surface area contributed by atoms with Crippen molar-refractivity contribution in [2.75, 3.05) is 13.2 Å². The third kappa shape index (κ3) is 6.94. The van der Waals surface area contributed by atoms with Crippen molar-refractivity contribution in [2.24, 2.45) is 0 Å². The first-order chi connectivity index (χ1) is 15.7. The van der Waals surface area contributed by atoms with Gasteiger partial charge in [0.05, 0.1) is 6.61 Å². The van der Waals surface area contributed by atoms with Crippen LogP contribution >= 0.6 is 0 Å². The first-order valence-corrected chi connectivity index (χ1v) is 10.3. The second-order valence-electron chi connectivity index (χ2n) is 7.69. The molecule has 4 nitrogen and oxygen atoms in total. The summed E-state index contributed by atoms with van der Waals surface area (Å²) in [6, 6.07) is 0. The zero-order valence-electron chi connectivity index (χ0n) is 18.3. The van der Waals surface area contributed by atoms with Crippen LogP contribution in [0.15, 0.2) is 0 Å². The highest BCUT2D eigenvalue weighted by Gasteiger charge is 2.89. The molecule has 0 aromatic carbocycles. The van der Waals surface area contributed by atoms with Crippen LogP contribution in [0.2, 0.25) is 0 Å². The number of carbonyl (C=O) groups excluding carboxylic acids is 2. The van der Waals surface area contributed by atoms with Crippen LogP contribution < -0.4 is 0 Å². The average molecular weight is 544 g/mol. The fourth-order valence-corrected chi connectivity index (χ4v) is 2.72. The number of alkyl halides is 12. The minimum absolute atomic E-state index is 0.190. The predicted molar refractivity (Wildman–Crippen MR) is 95.3 cm³/mol. The highest BCUT2D eigenvalue weighted by molar-refractivity contribution is 6.34. The smallest absolute Gasteiger partial charge is 0.384 e. The van der Waals surface area contributed by atoms with E-state index in [1.807, 2.05) is 0 Å². The zero-order chi connectivity index (χ0) is 27.9. The number of rotatable bonds is 17.